The van der Waals surface area contributed by atoms with Gasteiger partial charge in [-0.05, 0) is 6.07 Å². The van der Waals surface area contributed by atoms with E-state index >= 15 is 0 Å². The fraction of sp³-hybridized carbons (Fsp3) is 0. The van der Waals surface area contributed by atoms with Crippen LogP contribution in [0, 0.1) is 33.6 Å². The largest absolute Gasteiger partial charge is 0.597 e. The van der Waals surface area contributed by atoms with Crippen molar-refractivity contribution in [2.24, 2.45) is 0 Å². The van der Waals surface area contributed by atoms with Crippen molar-refractivity contribution >= 4 is 21.3 Å². The van der Waals surface area contributed by atoms with E-state index in [2.05, 4.69) is 0 Å². The number of halogens is 2. The van der Waals surface area contributed by atoms with Crippen LogP contribution in [-0.4, -0.2) is 17.5 Å². The molecule has 0 aromatic heterocycles. The normalized spacial score (nSPS) is 12.6. The molecule has 0 saturated carbocycles. The smallest absolute Gasteiger partial charge is 0.323 e. The minimum absolute atomic E-state index is 0.0707. The van der Waals surface area contributed by atoms with Gasteiger partial charge in [-0.15, -0.1) is 5.26 Å². The van der Waals surface area contributed by atoms with Crippen LogP contribution >= 0.6 is 0 Å². The average molecular weight is 292 g/mol. The summed E-state index contributed by atoms with van der Waals surface area (Å²) in [6.45, 7) is 0. The third-order valence-corrected chi connectivity index (χ3v) is 3.57. The maximum Gasteiger partial charge on any atom is 0.323 e. The number of hydrogen-bond acceptors (Lipinski definition) is 5. The Morgan fingerprint density at radius 3 is 2.33 bits per heavy atom. The molecule has 0 bridgehead atoms. The molecule has 94 valence electrons. The molecule has 0 radical (unpaired) electrons. The molecule has 0 aliphatic rings. The van der Waals surface area contributed by atoms with Crippen LogP contribution in [0.1, 0.15) is 5.56 Å². The van der Waals surface area contributed by atoms with E-state index in [-0.39, 0.29) is 6.07 Å². The van der Waals surface area contributed by atoms with Gasteiger partial charge in [-0.2, -0.15) is 18.1 Å². The van der Waals surface area contributed by atoms with Crippen molar-refractivity contribution in [2.75, 3.05) is 0 Å². The molecule has 1 aromatic carbocycles. The monoisotopic (exact) mass is 292 g/mol. The molecule has 1 unspecified atom stereocenters. The Labute approximate surface area is 103 Å². The molecule has 0 heterocycles. The van der Waals surface area contributed by atoms with E-state index in [1.165, 1.54) is 0 Å². The number of hydrogen-bond donors (Lipinski definition) is 1. The molecule has 0 aliphatic carbocycles. The second kappa shape index (κ2) is 4.88. The predicted octanol–water partition coefficient (Wildman–Crippen LogP) is 0.672. The summed E-state index contributed by atoms with van der Waals surface area (Å²) < 4.78 is 68.2. The molecule has 0 saturated heterocycles. The van der Waals surface area contributed by atoms with Gasteiger partial charge < -0.3 is 4.55 Å². The molecular formula is C8H2F2N2O4S2. The zero-order valence-corrected chi connectivity index (χ0v) is 9.85. The van der Waals surface area contributed by atoms with Crippen LogP contribution in [0.15, 0.2) is 15.9 Å². The minimum atomic E-state index is -5.11. The zero-order valence-electron chi connectivity index (χ0n) is 8.22. The summed E-state index contributed by atoms with van der Waals surface area (Å²) in [4.78, 5) is -2.70. The molecule has 1 atom stereocenters. The lowest BCUT2D eigenvalue weighted by Crippen LogP contribution is -2.12. The number of benzene rings is 1. The minimum Gasteiger partial charge on any atom is -0.597 e. The van der Waals surface area contributed by atoms with Gasteiger partial charge in [0, 0.05) is 0 Å². The highest BCUT2D eigenvalue weighted by Gasteiger charge is 2.32. The van der Waals surface area contributed by atoms with Crippen LogP contribution in [0.25, 0.3) is 0 Å². The topological polar surface area (TPSA) is 125 Å². The summed E-state index contributed by atoms with van der Waals surface area (Å²) in [6, 6.07) is 1.23. The third-order valence-electron chi connectivity index (χ3n) is 1.80. The average Bonchev–Trinajstić information content (AvgIpc) is 2.28. The Bertz CT molecular complexity index is 691. The van der Waals surface area contributed by atoms with E-state index in [1.54, 1.807) is 0 Å². The highest BCUT2D eigenvalue weighted by molar-refractivity contribution is 7.96. The third kappa shape index (κ3) is 2.42. The van der Waals surface area contributed by atoms with Crippen LogP contribution in [0.4, 0.5) is 8.78 Å². The highest BCUT2D eigenvalue weighted by atomic mass is 32.2. The van der Waals surface area contributed by atoms with Gasteiger partial charge in [0.25, 0.3) is 10.1 Å². The lowest BCUT2D eigenvalue weighted by atomic mass is 10.2. The van der Waals surface area contributed by atoms with Crippen molar-refractivity contribution in [1.29, 1.82) is 10.5 Å². The fourth-order valence-electron chi connectivity index (χ4n) is 1.09. The molecule has 0 amide bonds. The molecule has 0 fully saturated rings. The van der Waals surface area contributed by atoms with Crippen LogP contribution in [-0.2, 0) is 21.3 Å². The van der Waals surface area contributed by atoms with Gasteiger partial charge in [0.2, 0.25) is 10.7 Å². The maximum absolute atomic E-state index is 13.6. The molecule has 10 heteroatoms. The molecular weight excluding hydrogens is 290 g/mol. The van der Waals surface area contributed by atoms with Crippen molar-refractivity contribution in [3.05, 3.63) is 23.3 Å². The van der Waals surface area contributed by atoms with Gasteiger partial charge in [-0.25, -0.2) is 4.39 Å². The molecule has 18 heavy (non-hydrogen) atoms. The van der Waals surface area contributed by atoms with Crippen LogP contribution < -0.4 is 0 Å². The van der Waals surface area contributed by atoms with Crippen LogP contribution in [0.2, 0.25) is 0 Å². The first kappa shape index (κ1) is 14.3. The quantitative estimate of drug-likeness (QED) is 0.485. The maximum atomic E-state index is 13.6. The zero-order chi connectivity index (χ0) is 14.1. The second-order valence-corrected chi connectivity index (χ2v) is 5.34. The van der Waals surface area contributed by atoms with E-state index in [4.69, 9.17) is 15.1 Å². The first-order chi connectivity index (χ1) is 8.23. The standard InChI is InChI=1S/C8H2F2N2O4S2/c9-5-1-6(18(14,15)16)7(10)8(4(5)2-11)17(13)3-12/h1H,(H,14,15,16). The van der Waals surface area contributed by atoms with E-state index < -0.39 is 48.3 Å². The Morgan fingerprint density at radius 2 is 1.94 bits per heavy atom. The summed E-state index contributed by atoms with van der Waals surface area (Å²) >= 11 is -2.78. The van der Waals surface area contributed by atoms with Crippen LogP contribution in [0.5, 0.6) is 0 Å². The SMILES string of the molecule is N#Cc1c(F)cc(S(=O)(=O)O)c(F)c1[S+]([O-])C#N. The van der Waals surface area contributed by atoms with E-state index in [0.717, 1.165) is 11.5 Å². The lowest BCUT2D eigenvalue weighted by Gasteiger charge is -2.07. The van der Waals surface area contributed by atoms with E-state index in [1.807, 2.05) is 0 Å². The number of thiocyanates is 1. The molecule has 0 spiro atoms. The van der Waals surface area contributed by atoms with Crippen molar-refractivity contribution < 1.29 is 26.3 Å². The summed E-state index contributed by atoms with van der Waals surface area (Å²) in [7, 11) is -5.11. The lowest BCUT2D eigenvalue weighted by molar-refractivity contribution is 0.464. The van der Waals surface area contributed by atoms with Crippen molar-refractivity contribution in [3.8, 4) is 11.5 Å². The van der Waals surface area contributed by atoms with Gasteiger partial charge >= 0.3 is 5.40 Å². The number of rotatable bonds is 2. The fourth-order valence-corrected chi connectivity index (χ4v) is 2.43. The Hall–Kier alpha value is -1.72. The first-order valence-electron chi connectivity index (χ1n) is 3.95. The van der Waals surface area contributed by atoms with Crippen LogP contribution in [0.3, 0.4) is 0 Å². The number of nitriles is 2. The first-order valence-corrected chi connectivity index (χ1v) is 6.54. The van der Waals surface area contributed by atoms with Gasteiger partial charge in [-0.3, -0.25) is 4.55 Å². The van der Waals surface area contributed by atoms with Gasteiger partial charge in [0.15, 0.2) is 0 Å². The summed E-state index contributed by atoms with van der Waals surface area (Å²) in [5, 5.41) is 17.9. The Kier molecular flexibility index (Phi) is 3.88. The Balaban J connectivity index is 3.85. The molecule has 1 rings (SSSR count). The predicted molar refractivity (Wildman–Crippen MR) is 52.9 cm³/mol. The summed E-state index contributed by atoms with van der Waals surface area (Å²) in [5.74, 6) is -3.31. The van der Waals surface area contributed by atoms with Crippen molar-refractivity contribution in [2.45, 2.75) is 9.79 Å². The van der Waals surface area contributed by atoms with Gasteiger partial charge in [0.1, 0.15) is 33.5 Å². The Morgan fingerprint density at radius 1 is 1.39 bits per heavy atom. The molecule has 6 nitrogen and oxygen atoms in total. The molecule has 1 aromatic rings. The van der Waals surface area contributed by atoms with Gasteiger partial charge in [0.05, 0.1) is 0 Å². The second-order valence-electron chi connectivity index (χ2n) is 2.82. The summed E-state index contributed by atoms with van der Waals surface area (Å²) in [5.41, 5.74) is -1.06. The highest BCUT2D eigenvalue weighted by Crippen LogP contribution is 2.28. The number of nitrogens with zero attached hydrogens (tertiary/aromatic N) is 2. The van der Waals surface area contributed by atoms with E-state index in [0.29, 0.717) is 0 Å². The van der Waals surface area contributed by atoms with Crippen molar-refractivity contribution in [1.82, 2.24) is 0 Å². The van der Waals surface area contributed by atoms with Crippen molar-refractivity contribution in [3.63, 3.8) is 0 Å². The summed E-state index contributed by atoms with van der Waals surface area (Å²) in [6.07, 6.45) is 0. The molecule has 0 aliphatic heterocycles. The van der Waals surface area contributed by atoms with E-state index in [9.17, 15) is 21.8 Å². The van der Waals surface area contributed by atoms with Gasteiger partial charge in [-0.1, -0.05) is 0 Å². The molecule has 1 N–H and O–H groups in total.